The van der Waals surface area contributed by atoms with Gasteiger partial charge >= 0.3 is 0 Å². The Morgan fingerprint density at radius 1 is 0.923 bits per heavy atom. The molecule has 0 amide bonds. The van der Waals surface area contributed by atoms with Crippen LogP contribution < -0.4 is 0 Å². The molecule has 4 rings (SSSR count). The first kappa shape index (κ1) is 18.1. The molecule has 2 aliphatic heterocycles. The number of piperidine rings is 2. The third-order valence-corrected chi connectivity index (χ3v) is 6.34. The standard InChI is InChI=1S/C21H32N2O3/c24-17-9-16(10-18(25)11-17)12-23-13-19-20(14-23)21(19)15-26-8-4-7-22-5-2-1-3-6-22/h9-11,19-21,24-25H,1-8,12-15H2/t19-,20+,21+. The van der Waals surface area contributed by atoms with Crippen molar-refractivity contribution in [2.24, 2.45) is 17.8 Å². The summed E-state index contributed by atoms with van der Waals surface area (Å²) in [5.74, 6) is 2.59. The van der Waals surface area contributed by atoms with Crippen molar-refractivity contribution in [3.05, 3.63) is 23.8 Å². The molecule has 0 unspecified atom stereocenters. The largest absolute Gasteiger partial charge is 0.508 e. The Labute approximate surface area is 156 Å². The van der Waals surface area contributed by atoms with Gasteiger partial charge in [0.05, 0.1) is 6.61 Å². The van der Waals surface area contributed by atoms with Crippen molar-refractivity contribution in [2.45, 2.75) is 32.2 Å². The number of fused-ring (bicyclic) bond motifs is 1. The van der Waals surface area contributed by atoms with Crippen LogP contribution in [0.4, 0.5) is 0 Å². The van der Waals surface area contributed by atoms with Gasteiger partial charge in [-0.05, 0) is 67.8 Å². The Balaban J connectivity index is 1.10. The molecular formula is C21H32N2O3. The van der Waals surface area contributed by atoms with Gasteiger partial charge in [0.1, 0.15) is 11.5 Å². The summed E-state index contributed by atoms with van der Waals surface area (Å²) in [6.07, 6.45) is 5.30. The average molecular weight is 360 g/mol. The molecule has 0 bridgehead atoms. The molecule has 0 aromatic heterocycles. The number of nitrogens with zero attached hydrogens (tertiary/aromatic N) is 2. The van der Waals surface area contributed by atoms with E-state index < -0.39 is 0 Å². The van der Waals surface area contributed by atoms with Gasteiger partial charge in [-0.15, -0.1) is 0 Å². The smallest absolute Gasteiger partial charge is 0.119 e. The van der Waals surface area contributed by atoms with Crippen LogP contribution in [0.15, 0.2) is 18.2 Å². The number of benzene rings is 1. The number of phenols is 2. The third kappa shape index (κ3) is 4.51. The van der Waals surface area contributed by atoms with Crippen molar-refractivity contribution in [1.82, 2.24) is 9.80 Å². The van der Waals surface area contributed by atoms with Gasteiger partial charge in [0, 0.05) is 38.9 Å². The minimum atomic E-state index is 0.139. The molecule has 3 fully saturated rings. The van der Waals surface area contributed by atoms with Crippen LogP contribution in [-0.2, 0) is 11.3 Å². The number of aromatic hydroxyl groups is 2. The molecule has 5 heteroatoms. The average Bonchev–Trinajstić information content (AvgIpc) is 3.06. The van der Waals surface area contributed by atoms with Crippen molar-refractivity contribution in [3.63, 3.8) is 0 Å². The molecular weight excluding hydrogens is 328 g/mol. The molecule has 3 aliphatic rings. The fourth-order valence-corrected chi connectivity index (χ4v) is 4.91. The molecule has 2 N–H and O–H groups in total. The van der Waals surface area contributed by atoms with Crippen LogP contribution in [0.5, 0.6) is 11.5 Å². The number of hydrogen-bond acceptors (Lipinski definition) is 5. The van der Waals surface area contributed by atoms with E-state index in [0.29, 0.717) is 0 Å². The van der Waals surface area contributed by atoms with E-state index in [1.54, 1.807) is 12.1 Å². The van der Waals surface area contributed by atoms with Crippen molar-refractivity contribution >= 4 is 0 Å². The van der Waals surface area contributed by atoms with Crippen LogP contribution in [0.25, 0.3) is 0 Å². The highest BCUT2D eigenvalue weighted by atomic mass is 16.5. The van der Waals surface area contributed by atoms with E-state index in [4.69, 9.17) is 4.74 Å². The topological polar surface area (TPSA) is 56.2 Å². The Kier molecular flexibility index (Phi) is 5.67. The number of rotatable bonds is 8. The summed E-state index contributed by atoms with van der Waals surface area (Å²) < 4.78 is 5.96. The molecule has 144 valence electrons. The van der Waals surface area contributed by atoms with Gasteiger partial charge in [0.2, 0.25) is 0 Å². The zero-order valence-corrected chi connectivity index (χ0v) is 15.6. The highest BCUT2D eigenvalue weighted by Crippen LogP contribution is 2.52. The highest BCUT2D eigenvalue weighted by molar-refractivity contribution is 5.36. The molecule has 0 radical (unpaired) electrons. The number of likely N-dealkylation sites (tertiary alicyclic amines) is 2. The van der Waals surface area contributed by atoms with Crippen LogP contribution in [0, 0.1) is 17.8 Å². The first-order valence-electron chi connectivity index (χ1n) is 10.2. The van der Waals surface area contributed by atoms with Crippen LogP contribution in [0.3, 0.4) is 0 Å². The van der Waals surface area contributed by atoms with Crippen LogP contribution >= 0.6 is 0 Å². The molecule has 26 heavy (non-hydrogen) atoms. The van der Waals surface area contributed by atoms with Gasteiger partial charge in [-0.3, -0.25) is 4.90 Å². The van der Waals surface area contributed by atoms with E-state index >= 15 is 0 Å². The van der Waals surface area contributed by atoms with Crippen LogP contribution in [-0.4, -0.2) is 66.0 Å². The fraction of sp³-hybridized carbons (Fsp3) is 0.714. The Morgan fingerprint density at radius 3 is 2.31 bits per heavy atom. The summed E-state index contributed by atoms with van der Waals surface area (Å²) in [6.45, 7) is 8.61. The maximum atomic E-state index is 9.60. The molecule has 2 heterocycles. The van der Waals surface area contributed by atoms with Crippen molar-refractivity contribution < 1.29 is 14.9 Å². The normalized spacial score (nSPS) is 29.0. The van der Waals surface area contributed by atoms with E-state index in [-0.39, 0.29) is 11.5 Å². The minimum absolute atomic E-state index is 0.139. The summed E-state index contributed by atoms with van der Waals surface area (Å²) in [5.41, 5.74) is 0.981. The van der Waals surface area contributed by atoms with E-state index in [0.717, 1.165) is 62.6 Å². The highest BCUT2D eigenvalue weighted by Gasteiger charge is 2.55. The zero-order valence-electron chi connectivity index (χ0n) is 15.6. The fourth-order valence-electron chi connectivity index (χ4n) is 4.91. The zero-order chi connectivity index (χ0) is 17.9. The first-order chi connectivity index (χ1) is 12.7. The monoisotopic (exact) mass is 360 g/mol. The summed E-state index contributed by atoms with van der Waals surface area (Å²) >= 11 is 0. The summed E-state index contributed by atoms with van der Waals surface area (Å²) in [6, 6.07) is 4.86. The van der Waals surface area contributed by atoms with Gasteiger partial charge in [0.15, 0.2) is 0 Å². The minimum Gasteiger partial charge on any atom is -0.508 e. The second kappa shape index (κ2) is 8.15. The molecule has 0 spiro atoms. The number of ether oxygens (including phenoxy) is 1. The van der Waals surface area contributed by atoms with Gasteiger partial charge in [-0.25, -0.2) is 0 Å². The Bertz CT molecular complexity index is 571. The lowest BCUT2D eigenvalue weighted by molar-refractivity contribution is 0.0967. The molecule has 3 atom stereocenters. The van der Waals surface area contributed by atoms with Gasteiger partial charge in [-0.1, -0.05) is 6.42 Å². The SMILES string of the molecule is Oc1cc(O)cc(CN2C[C@@H]3[C@@H](COCCCN4CCCCC4)[C@@H]3C2)c1. The summed E-state index contributed by atoms with van der Waals surface area (Å²) in [5, 5.41) is 19.2. The van der Waals surface area contributed by atoms with E-state index in [2.05, 4.69) is 9.80 Å². The molecule has 2 saturated heterocycles. The molecule has 1 saturated carbocycles. The van der Waals surface area contributed by atoms with Crippen molar-refractivity contribution in [3.8, 4) is 11.5 Å². The quantitative estimate of drug-likeness (QED) is 0.698. The van der Waals surface area contributed by atoms with Crippen molar-refractivity contribution in [1.29, 1.82) is 0 Å². The summed E-state index contributed by atoms with van der Waals surface area (Å²) in [4.78, 5) is 5.01. The Morgan fingerprint density at radius 2 is 1.62 bits per heavy atom. The summed E-state index contributed by atoms with van der Waals surface area (Å²) in [7, 11) is 0. The van der Waals surface area contributed by atoms with Gasteiger partial charge in [0.25, 0.3) is 0 Å². The molecule has 1 aromatic carbocycles. The second-order valence-electron chi connectivity index (χ2n) is 8.37. The molecule has 5 nitrogen and oxygen atoms in total. The lowest BCUT2D eigenvalue weighted by Crippen LogP contribution is -2.31. The predicted molar refractivity (Wildman–Crippen MR) is 101 cm³/mol. The molecule has 1 aliphatic carbocycles. The van der Waals surface area contributed by atoms with Gasteiger partial charge < -0.3 is 19.8 Å². The maximum Gasteiger partial charge on any atom is 0.119 e. The molecule has 1 aromatic rings. The van der Waals surface area contributed by atoms with Gasteiger partial charge in [-0.2, -0.15) is 0 Å². The lowest BCUT2D eigenvalue weighted by Gasteiger charge is -2.26. The van der Waals surface area contributed by atoms with E-state index in [1.165, 1.54) is 45.0 Å². The van der Waals surface area contributed by atoms with Crippen molar-refractivity contribution in [2.75, 3.05) is 45.9 Å². The first-order valence-corrected chi connectivity index (χ1v) is 10.2. The number of hydrogen-bond donors (Lipinski definition) is 2. The second-order valence-corrected chi connectivity index (χ2v) is 8.37. The lowest BCUT2D eigenvalue weighted by atomic mass is 10.1. The van der Waals surface area contributed by atoms with E-state index in [9.17, 15) is 10.2 Å². The Hall–Kier alpha value is -1.30. The third-order valence-electron chi connectivity index (χ3n) is 6.34. The number of phenolic OH excluding ortho intramolecular Hbond substituents is 2. The van der Waals surface area contributed by atoms with E-state index in [1.807, 2.05) is 0 Å². The van der Waals surface area contributed by atoms with Crippen LogP contribution in [0.2, 0.25) is 0 Å². The van der Waals surface area contributed by atoms with Crippen LogP contribution in [0.1, 0.15) is 31.2 Å². The predicted octanol–water partition coefficient (Wildman–Crippen LogP) is 2.67. The maximum absolute atomic E-state index is 9.60.